The fourth-order valence-corrected chi connectivity index (χ4v) is 3.47. The Balaban J connectivity index is 0.000000795. The summed E-state index contributed by atoms with van der Waals surface area (Å²) < 4.78 is 1.91. The van der Waals surface area contributed by atoms with E-state index in [1.54, 1.807) is 6.08 Å². The number of anilines is 1. The van der Waals surface area contributed by atoms with Crippen LogP contribution in [-0.2, 0) is 9.59 Å². The first-order chi connectivity index (χ1) is 16.7. The summed E-state index contributed by atoms with van der Waals surface area (Å²) in [5.41, 5.74) is 7.02. The van der Waals surface area contributed by atoms with Crippen LogP contribution in [0.25, 0.3) is 23.0 Å². The van der Waals surface area contributed by atoms with Gasteiger partial charge in [0.05, 0.1) is 11.4 Å². The molecule has 2 aromatic heterocycles. The van der Waals surface area contributed by atoms with Crippen molar-refractivity contribution < 1.29 is 14.7 Å². The molecule has 2 N–H and O–H groups in total. The van der Waals surface area contributed by atoms with Gasteiger partial charge in [0.15, 0.2) is 0 Å². The van der Waals surface area contributed by atoms with Crippen LogP contribution in [0.3, 0.4) is 0 Å². The number of nitrogens with one attached hydrogen (secondary N) is 1. The highest BCUT2D eigenvalue weighted by atomic mass is 16.4. The predicted octanol–water partition coefficient (Wildman–Crippen LogP) is 5.56. The molecule has 4 aromatic rings. The maximum atomic E-state index is 12.9. The lowest BCUT2D eigenvalue weighted by Gasteiger charge is -2.07. The van der Waals surface area contributed by atoms with Gasteiger partial charge < -0.3 is 10.4 Å². The van der Waals surface area contributed by atoms with Crippen molar-refractivity contribution in [2.45, 2.75) is 27.7 Å². The number of hydrogen-bond acceptors (Lipinski definition) is 4. The third-order valence-corrected chi connectivity index (χ3v) is 5.34. The average Bonchev–Trinajstić information content (AvgIpc) is 3.19. The van der Waals surface area contributed by atoms with Crippen molar-refractivity contribution in [3.8, 4) is 17.3 Å². The maximum absolute atomic E-state index is 12.9. The molecule has 35 heavy (non-hydrogen) atoms. The minimum absolute atomic E-state index is 0.0127. The molecule has 0 aliphatic heterocycles. The minimum atomic E-state index is -0.833. The Morgan fingerprint density at radius 2 is 1.69 bits per heavy atom. The second kappa shape index (κ2) is 10.9. The Hall–Kier alpha value is -4.70. The number of carboxylic acids is 1. The van der Waals surface area contributed by atoms with Crippen LogP contribution in [0, 0.1) is 32.1 Å². The molecule has 0 spiro atoms. The number of fused-ring (bicyclic) bond motifs is 1. The molecule has 0 unspecified atom stereocenters. The molecule has 7 heteroatoms. The van der Waals surface area contributed by atoms with Crippen LogP contribution in [0.1, 0.15) is 29.3 Å². The van der Waals surface area contributed by atoms with E-state index in [0.717, 1.165) is 40.5 Å². The molecule has 0 atom stereocenters. The molecule has 0 radical (unpaired) electrons. The molecule has 0 aliphatic carbocycles. The quantitative estimate of drug-likeness (QED) is 0.302. The fraction of sp³-hybridized carbons (Fsp3) is 0.143. The largest absolute Gasteiger partial charge is 0.481 e. The van der Waals surface area contributed by atoms with Crippen molar-refractivity contribution in [3.63, 3.8) is 0 Å². The van der Waals surface area contributed by atoms with Crippen molar-refractivity contribution in [1.82, 2.24) is 9.38 Å². The molecule has 1 amide bonds. The third kappa shape index (κ3) is 6.01. The number of hydrogen-bond donors (Lipinski definition) is 2. The number of aliphatic carboxylic acids is 1. The van der Waals surface area contributed by atoms with Crippen molar-refractivity contribution >= 4 is 29.3 Å². The van der Waals surface area contributed by atoms with Gasteiger partial charge in [0.25, 0.3) is 11.9 Å². The lowest BCUT2D eigenvalue weighted by Crippen LogP contribution is -2.13. The maximum Gasteiger partial charge on any atom is 0.300 e. The Morgan fingerprint density at radius 3 is 2.31 bits per heavy atom. The van der Waals surface area contributed by atoms with Gasteiger partial charge in [-0.25, -0.2) is 4.98 Å². The number of carboxylic acid groups (broad SMARTS) is 1. The number of amides is 1. The highest BCUT2D eigenvalue weighted by Gasteiger charge is 2.17. The molecule has 0 bridgehead atoms. The molecule has 176 valence electrons. The third-order valence-electron chi connectivity index (χ3n) is 5.34. The van der Waals surface area contributed by atoms with Gasteiger partial charge in [-0.2, -0.15) is 5.26 Å². The first kappa shape index (κ1) is 24.9. The Kier molecular flexibility index (Phi) is 7.80. The fourth-order valence-electron chi connectivity index (χ4n) is 3.47. The predicted molar refractivity (Wildman–Crippen MR) is 137 cm³/mol. The van der Waals surface area contributed by atoms with Crippen LogP contribution in [0.4, 0.5) is 5.69 Å². The van der Waals surface area contributed by atoms with Crippen molar-refractivity contribution in [2.24, 2.45) is 0 Å². The van der Waals surface area contributed by atoms with E-state index in [-0.39, 0.29) is 5.57 Å². The zero-order chi connectivity index (χ0) is 25.5. The molecule has 2 heterocycles. The molecule has 0 saturated heterocycles. The topological polar surface area (TPSA) is 107 Å². The minimum Gasteiger partial charge on any atom is -0.481 e. The summed E-state index contributed by atoms with van der Waals surface area (Å²) in [6, 6.07) is 21.4. The standard InChI is InChI=1S/C26H22N4O.C2H4O2/c1-17-11-12-22(14-19(17)3)28-26(31)21(16-27)15-23-24(20-9-5-4-6-10-20)29-25-18(2)8-7-13-30(23)25;1-2(3)4/h4-15H,1-3H3,(H,28,31);1H3,(H,3,4)/b21-15+;. The summed E-state index contributed by atoms with van der Waals surface area (Å²) in [6.07, 6.45) is 3.50. The van der Waals surface area contributed by atoms with E-state index in [0.29, 0.717) is 11.4 Å². The number of pyridine rings is 1. The van der Waals surface area contributed by atoms with Crippen LogP contribution in [0.5, 0.6) is 0 Å². The number of rotatable bonds is 4. The normalized spacial score (nSPS) is 10.8. The van der Waals surface area contributed by atoms with Gasteiger partial charge in [0.1, 0.15) is 17.3 Å². The number of nitrogens with zero attached hydrogens (tertiary/aromatic N) is 3. The van der Waals surface area contributed by atoms with Gasteiger partial charge in [-0.1, -0.05) is 42.5 Å². The van der Waals surface area contributed by atoms with E-state index in [9.17, 15) is 10.1 Å². The Bertz CT molecular complexity index is 1460. The van der Waals surface area contributed by atoms with Crippen LogP contribution >= 0.6 is 0 Å². The number of carbonyl (C=O) groups excluding carboxylic acids is 1. The summed E-state index contributed by atoms with van der Waals surface area (Å²) in [5, 5.41) is 20.0. The molecular weight excluding hydrogens is 440 g/mol. The Morgan fingerprint density at radius 1 is 1.00 bits per heavy atom. The van der Waals surface area contributed by atoms with E-state index < -0.39 is 11.9 Å². The summed E-state index contributed by atoms with van der Waals surface area (Å²) in [7, 11) is 0. The molecule has 0 fully saturated rings. The number of carbonyl (C=O) groups is 2. The van der Waals surface area contributed by atoms with Crippen molar-refractivity contribution in [1.29, 1.82) is 5.26 Å². The van der Waals surface area contributed by atoms with Gasteiger partial charge in [-0.15, -0.1) is 0 Å². The average molecular weight is 467 g/mol. The number of benzene rings is 2. The highest BCUT2D eigenvalue weighted by molar-refractivity contribution is 6.10. The lowest BCUT2D eigenvalue weighted by atomic mass is 10.1. The van der Waals surface area contributed by atoms with E-state index in [2.05, 4.69) is 11.4 Å². The Labute approximate surface area is 204 Å². The van der Waals surface area contributed by atoms with E-state index in [1.807, 2.05) is 92.0 Å². The molecule has 4 rings (SSSR count). The lowest BCUT2D eigenvalue weighted by molar-refractivity contribution is -0.134. The van der Waals surface area contributed by atoms with E-state index in [1.165, 1.54) is 0 Å². The summed E-state index contributed by atoms with van der Waals surface area (Å²) in [6.45, 7) is 7.07. The number of aromatic nitrogens is 2. The highest BCUT2D eigenvalue weighted by Crippen LogP contribution is 2.28. The molecule has 0 aliphatic rings. The zero-order valence-electron chi connectivity index (χ0n) is 20.0. The van der Waals surface area contributed by atoms with Crippen LogP contribution in [-0.4, -0.2) is 26.4 Å². The van der Waals surface area contributed by atoms with Gasteiger partial charge in [0.2, 0.25) is 0 Å². The zero-order valence-corrected chi connectivity index (χ0v) is 20.0. The smallest absolute Gasteiger partial charge is 0.300 e. The van der Waals surface area contributed by atoms with Gasteiger partial charge in [-0.05, 0) is 61.7 Å². The second-order valence-electron chi connectivity index (χ2n) is 8.04. The molecule has 0 saturated carbocycles. The van der Waals surface area contributed by atoms with Gasteiger partial charge >= 0.3 is 0 Å². The van der Waals surface area contributed by atoms with E-state index >= 15 is 0 Å². The first-order valence-electron chi connectivity index (χ1n) is 10.9. The van der Waals surface area contributed by atoms with Gasteiger partial charge in [-0.3, -0.25) is 14.0 Å². The summed E-state index contributed by atoms with van der Waals surface area (Å²) in [5.74, 6) is -1.28. The second-order valence-corrected chi connectivity index (χ2v) is 8.04. The molecule has 2 aromatic carbocycles. The monoisotopic (exact) mass is 466 g/mol. The first-order valence-corrected chi connectivity index (χ1v) is 10.9. The number of imidazole rings is 1. The van der Waals surface area contributed by atoms with Crippen molar-refractivity contribution in [3.05, 3.63) is 94.8 Å². The van der Waals surface area contributed by atoms with E-state index in [4.69, 9.17) is 14.9 Å². The number of aryl methyl sites for hydroxylation is 3. The van der Waals surface area contributed by atoms with Crippen LogP contribution in [0.15, 0.2) is 72.4 Å². The number of nitriles is 1. The molecular formula is C28H26N4O3. The summed E-state index contributed by atoms with van der Waals surface area (Å²) >= 11 is 0. The summed E-state index contributed by atoms with van der Waals surface area (Å²) in [4.78, 5) is 26.7. The van der Waals surface area contributed by atoms with Gasteiger partial charge in [0, 0.05) is 24.4 Å². The van der Waals surface area contributed by atoms with Crippen LogP contribution in [0.2, 0.25) is 0 Å². The van der Waals surface area contributed by atoms with Crippen LogP contribution < -0.4 is 5.32 Å². The van der Waals surface area contributed by atoms with Crippen molar-refractivity contribution in [2.75, 3.05) is 5.32 Å². The molecule has 7 nitrogen and oxygen atoms in total. The SMILES string of the molecule is CC(=O)O.Cc1ccc(NC(=O)/C(C#N)=C/c2c(-c3ccccc3)nc3c(C)cccn23)cc1C.